The predicted octanol–water partition coefficient (Wildman–Crippen LogP) is 3.35. The van der Waals surface area contributed by atoms with Crippen molar-refractivity contribution in [3.8, 4) is 11.5 Å². The van der Waals surface area contributed by atoms with Crippen LogP contribution in [-0.4, -0.2) is 35.9 Å². The number of carbonyl (C=O) groups excluding carboxylic acids is 1. The van der Waals surface area contributed by atoms with Crippen LogP contribution in [0.15, 0.2) is 59.2 Å². The van der Waals surface area contributed by atoms with Gasteiger partial charge < -0.3 is 14.6 Å². The number of nitrogens with zero attached hydrogens (tertiary/aromatic N) is 2. The molecular formula is C21H20N2O5. The minimum Gasteiger partial charge on any atom is -0.493 e. The van der Waals surface area contributed by atoms with Gasteiger partial charge in [0.25, 0.3) is 5.91 Å². The quantitative estimate of drug-likeness (QED) is 0.777. The molecule has 0 fully saturated rings. The van der Waals surface area contributed by atoms with Crippen molar-refractivity contribution in [2.45, 2.75) is 20.0 Å². The molecule has 0 spiro atoms. The molecule has 0 saturated heterocycles. The van der Waals surface area contributed by atoms with Crippen LogP contribution in [0, 0.1) is 0 Å². The first-order valence-electron chi connectivity index (χ1n) is 8.65. The van der Waals surface area contributed by atoms with Crippen LogP contribution in [0.3, 0.4) is 0 Å². The zero-order valence-electron chi connectivity index (χ0n) is 15.7. The fourth-order valence-corrected chi connectivity index (χ4v) is 2.71. The Bertz CT molecular complexity index is 966. The minimum absolute atomic E-state index is 0.220. The van der Waals surface area contributed by atoms with Crippen LogP contribution >= 0.6 is 0 Å². The normalized spacial score (nSPS) is 16.1. The van der Waals surface area contributed by atoms with Gasteiger partial charge in [-0.1, -0.05) is 24.3 Å². The van der Waals surface area contributed by atoms with Gasteiger partial charge in [-0.15, -0.1) is 0 Å². The average molecular weight is 380 g/mol. The van der Waals surface area contributed by atoms with Gasteiger partial charge in [0.2, 0.25) is 0 Å². The molecule has 2 aromatic rings. The number of rotatable bonds is 6. The zero-order chi connectivity index (χ0) is 20.3. The molecule has 1 atom stereocenters. The Morgan fingerprint density at radius 1 is 1.18 bits per heavy atom. The number of para-hydroxylation sites is 1. The third-order valence-electron chi connectivity index (χ3n) is 4.21. The van der Waals surface area contributed by atoms with Gasteiger partial charge in [0.05, 0.1) is 24.1 Å². The molecule has 0 unspecified atom stereocenters. The lowest BCUT2D eigenvalue weighted by atomic mass is 10.1. The maximum atomic E-state index is 12.8. The fraction of sp³-hybridized carbons (Fsp3) is 0.190. The second-order valence-corrected chi connectivity index (χ2v) is 6.20. The summed E-state index contributed by atoms with van der Waals surface area (Å²) < 4.78 is 10.7. The van der Waals surface area contributed by atoms with E-state index in [0.717, 1.165) is 0 Å². The summed E-state index contributed by atoms with van der Waals surface area (Å²) >= 11 is 0. The highest BCUT2D eigenvalue weighted by molar-refractivity contribution is 6.32. The number of hydrazone groups is 1. The maximum absolute atomic E-state index is 12.8. The number of benzene rings is 2. The fourth-order valence-electron chi connectivity index (χ4n) is 2.71. The van der Waals surface area contributed by atoms with Crippen LogP contribution < -0.4 is 14.5 Å². The van der Waals surface area contributed by atoms with E-state index >= 15 is 0 Å². The number of methoxy groups -OCH3 is 1. The molecule has 1 aliphatic heterocycles. The third kappa shape index (κ3) is 3.88. The van der Waals surface area contributed by atoms with Gasteiger partial charge >= 0.3 is 5.97 Å². The second kappa shape index (κ2) is 7.96. The Balaban J connectivity index is 1.88. The summed E-state index contributed by atoms with van der Waals surface area (Å²) in [4.78, 5) is 23.8. The molecule has 144 valence electrons. The molecule has 0 aromatic heterocycles. The second-order valence-electron chi connectivity index (χ2n) is 6.20. The molecular weight excluding hydrogens is 360 g/mol. The van der Waals surface area contributed by atoms with Gasteiger partial charge in [0.15, 0.2) is 17.6 Å². The number of carboxylic acids is 1. The summed E-state index contributed by atoms with van der Waals surface area (Å²) in [6.07, 6.45) is 0.708. The summed E-state index contributed by atoms with van der Waals surface area (Å²) in [5, 5.41) is 14.7. The summed E-state index contributed by atoms with van der Waals surface area (Å²) in [5.74, 6) is -0.601. The monoisotopic (exact) mass is 380 g/mol. The highest BCUT2D eigenvalue weighted by Crippen LogP contribution is 2.31. The number of aliphatic carboxylic acids is 1. The molecule has 28 heavy (non-hydrogen) atoms. The number of carbonyl (C=O) groups is 2. The molecule has 7 heteroatoms. The average Bonchev–Trinajstić information content (AvgIpc) is 2.97. The Hall–Kier alpha value is -3.61. The maximum Gasteiger partial charge on any atom is 0.344 e. The summed E-state index contributed by atoms with van der Waals surface area (Å²) in [6, 6.07) is 14.2. The van der Waals surface area contributed by atoms with Crippen molar-refractivity contribution in [1.29, 1.82) is 0 Å². The Labute approximate surface area is 162 Å². The predicted molar refractivity (Wildman–Crippen MR) is 106 cm³/mol. The van der Waals surface area contributed by atoms with Gasteiger partial charge in [-0.2, -0.15) is 10.1 Å². The summed E-state index contributed by atoms with van der Waals surface area (Å²) in [7, 11) is 1.47. The Kier molecular flexibility index (Phi) is 5.44. The largest absolute Gasteiger partial charge is 0.493 e. The van der Waals surface area contributed by atoms with E-state index in [-0.39, 0.29) is 5.91 Å². The van der Waals surface area contributed by atoms with Crippen molar-refractivity contribution >= 4 is 29.4 Å². The number of carboxylic acid groups (broad SMARTS) is 1. The molecule has 0 saturated carbocycles. The molecule has 3 rings (SSSR count). The highest BCUT2D eigenvalue weighted by atomic mass is 16.5. The van der Waals surface area contributed by atoms with Crippen LogP contribution in [0.4, 0.5) is 5.69 Å². The topological polar surface area (TPSA) is 88.4 Å². The lowest BCUT2D eigenvalue weighted by Gasteiger charge is -2.14. The van der Waals surface area contributed by atoms with Crippen molar-refractivity contribution < 1.29 is 24.2 Å². The first kappa shape index (κ1) is 19.2. The molecule has 0 aliphatic carbocycles. The van der Waals surface area contributed by atoms with E-state index in [1.165, 1.54) is 19.0 Å². The molecule has 1 amide bonds. The van der Waals surface area contributed by atoms with Crippen LogP contribution in [0.5, 0.6) is 11.5 Å². The molecule has 2 aromatic carbocycles. The lowest BCUT2D eigenvalue weighted by Crippen LogP contribution is -2.23. The van der Waals surface area contributed by atoms with Crippen LogP contribution in [0.2, 0.25) is 0 Å². The molecule has 7 nitrogen and oxygen atoms in total. The van der Waals surface area contributed by atoms with Crippen molar-refractivity contribution in [3.05, 3.63) is 59.7 Å². The Morgan fingerprint density at radius 3 is 2.54 bits per heavy atom. The molecule has 1 N–H and O–H groups in total. The molecule has 0 radical (unpaired) electrons. The number of anilines is 1. The van der Waals surface area contributed by atoms with Gasteiger partial charge in [0, 0.05) is 0 Å². The van der Waals surface area contributed by atoms with Crippen molar-refractivity contribution in [1.82, 2.24) is 0 Å². The highest BCUT2D eigenvalue weighted by Gasteiger charge is 2.28. The SMILES string of the molecule is COc1cc(/C=C2/C(=O)N(c3ccccc3)N=C2C)ccc1O[C@@H](C)C(=O)O. The first-order chi connectivity index (χ1) is 13.4. The first-order valence-corrected chi connectivity index (χ1v) is 8.65. The lowest BCUT2D eigenvalue weighted by molar-refractivity contribution is -0.144. The van der Waals surface area contributed by atoms with Gasteiger partial charge in [-0.25, -0.2) is 4.79 Å². The zero-order valence-corrected chi connectivity index (χ0v) is 15.7. The third-order valence-corrected chi connectivity index (χ3v) is 4.21. The number of hydrogen-bond donors (Lipinski definition) is 1. The van der Waals surface area contributed by atoms with Crippen LogP contribution in [-0.2, 0) is 9.59 Å². The number of ether oxygens (including phenoxy) is 2. The molecule has 1 aliphatic rings. The van der Waals surface area contributed by atoms with Crippen molar-refractivity contribution in [2.24, 2.45) is 5.10 Å². The van der Waals surface area contributed by atoms with Crippen LogP contribution in [0.25, 0.3) is 6.08 Å². The van der Waals surface area contributed by atoms with Gasteiger partial charge in [-0.05, 0) is 49.8 Å². The molecule has 1 heterocycles. The summed E-state index contributed by atoms with van der Waals surface area (Å²) in [6.45, 7) is 3.21. The van der Waals surface area contributed by atoms with Gasteiger partial charge in [0.1, 0.15) is 0 Å². The number of amides is 1. The summed E-state index contributed by atoms with van der Waals surface area (Å²) in [5.41, 5.74) is 2.48. The minimum atomic E-state index is -1.07. The van der Waals surface area contributed by atoms with Gasteiger partial charge in [-0.3, -0.25) is 4.79 Å². The smallest absolute Gasteiger partial charge is 0.344 e. The van der Waals surface area contributed by atoms with E-state index in [0.29, 0.717) is 34.0 Å². The Morgan fingerprint density at radius 2 is 1.89 bits per heavy atom. The van der Waals surface area contributed by atoms with E-state index in [1.807, 2.05) is 30.3 Å². The van der Waals surface area contributed by atoms with Crippen LogP contribution in [0.1, 0.15) is 19.4 Å². The van der Waals surface area contributed by atoms with E-state index in [1.54, 1.807) is 31.2 Å². The number of hydrogen-bond acceptors (Lipinski definition) is 5. The van der Waals surface area contributed by atoms with E-state index < -0.39 is 12.1 Å². The van der Waals surface area contributed by atoms with Crippen molar-refractivity contribution in [2.75, 3.05) is 12.1 Å². The van der Waals surface area contributed by atoms with E-state index in [4.69, 9.17) is 14.6 Å². The standard InChI is InChI=1S/C21H20N2O5/c1-13-17(20(24)23(22-13)16-7-5-4-6-8-16)11-15-9-10-18(19(12-15)27-3)28-14(2)21(25)26/h4-12,14H,1-3H3,(H,25,26)/b17-11+/t14-/m0/s1. The van der Waals surface area contributed by atoms with E-state index in [9.17, 15) is 9.59 Å². The van der Waals surface area contributed by atoms with Crippen molar-refractivity contribution in [3.63, 3.8) is 0 Å². The van der Waals surface area contributed by atoms with E-state index in [2.05, 4.69) is 5.10 Å². The molecule has 0 bridgehead atoms.